The molecule has 2 rings (SSSR count). The average Bonchev–Trinajstić information content (AvgIpc) is 2.69. The van der Waals surface area contributed by atoms with E-state index in [2.05, 4.69) is 28.2 Å². The largest absolute Gasteiger partial charge is 0.490 e. The molecule has 0 aromatic heterocycles. The van der Waals surface area contributed by atoms with Crippen LogP contribution in [0.4, 0.5) is 11.4 Å². The number of halogens is 1. The van der Waals surface area contributed by atoms with Gasteiger partial charge in [-0.15, -0.1) is 0 Å². The Morgan fingerprint density at radius 1 is 1.17 bits per heavy atom. The molecule has 1 N–H and O–H groups in total. The van der Waals surface area contributed by atoms with Gasteiger partial charge >= 0.3 is 0 Å². The van der Waals surface area contributed by atoms with E-state index >= 15 is 0 Å². The summed E-state index contributed by atoms with van der Waals surface area (Å²) in [5, 5.41) is 13.5. The van der Waals surface area contributed by atoms with Crippen molar-refractivity contribution in [3.8, 4) is 11.5 Å². The molecule has 2 aromatic rings. The van der Waals surface area contributed by atoms with E-state index in [4.69, 9.17) is 9.47 Å². The maximum Gasteiger partial charge on any atom is 0.270 e. The Kier molecular flexibility index (Phi) is 8.67. The van der Waals surface area contributed by atoms with Gasteiger partial charge in [-0.2, -0.15) is 0 Å². The molecule has 0 bridgehead atoms. The van der Waals surface area contributed by atoms with Crippen LogP contribution in [0.2, 0.25) is 0 Å². The molecule has 0 radical (unpaired) electrons. The first-order valence-corrected chi connectivity index (χ1v) is 10.1. The number of carbonyl (C=O) groups is 1. The first-order chi connectivity index (χ1) is 13.9. The van der Waals surface area contributed by atoms with E-state index in [1.54, 1.807) is 6.08 Å². The van der Waals surface area contributed by atoms with Crippen LogP contribution in [0.25, 0.3) is 6.08 Å². The summed E-state index contributed by atoms with van der Waals surface area (Å²) in [5.41, 5.74) is 1.17. The number of ether oxygens (including phenoxy) is 2. The van der Waals surface area contributed by atoms with Crippen LogP contribution < -0.4 is 14.8 Å². The molecule has 0 atom stereocenters. The summed E-state index contributed by atoms with van der Waals surface area (Å²) in [7, 11) is 0. The molecular formula is C21H23BrN2O5. The minimum absolute atomic E-state index is 0.0601. The van der Waals surface area contributed by atoms with Crippen molar-refractivity contribution in [2.75, 3.05) is 18.5 Å². The van der Waals surface area contributed by atoms with Crippen LogP contribution in [0.1, 0.15) is 32.3 Å². The van der Waals surface area contributed by atoms with Crippen molar-refractivity contribution in [2.45, 2.75) is 26.7 Å². The zero-order chi connectivity index (χ0) is 21.2. The molecule has 0 saturated carbocycles. The number of nitro groups is 1. The number of anilines is 1. The Morgan fingerprint density at radius 2 is 1.97 bits per heavy atom. The van der Waals surface area contributed by atoms with Crippen molar-refractivity contribution in [3.63, 3.8) is 0 Å². The second kappa shape index (κ2) is 11.2. The van der Waals surface area contributed by atoms with E-state index in [0.29, 0.717) is 34.9 Å². The minimum Gasteiger partial charge on any atom is -0.490 e. The van der Waals surface area contributed by atoms with E-state index in [9.17, 15) is 14.9 Å². The number of non-ortho nitro benzene ring substituents is 1. The predicted octanol–water partition coefficient (Wildman–Crippen LogP) is 5.59. The molecule has 0 aliphatic heterocycles. The van der Waals surface area contributed by atoms with Crippen molar-refractivity contribution in [1.82, 2.24) is 0 Å². The van der Waals surface area contributed by atoms with Gasteiger partial charge in [0.1, 0.15) is 0 Å². The van der Waals surface area contributed by atoms with Gasteiger partial charge in [-0.05, 0) is 59.1 Å². The Balaban J connectivity index is 2.07. The van der Waals surface area contributed by atoms with Crippen LogP contribution in [-0.2, 0) is 4.79 Å². The quantitative estimate of drug-likeness (QED) is 0.215. The fourth-order valence-corrected chi connectivity index (χ4v) is 2.87. The van der Waals surface area contributed by atoms with Gasteiger partial charge in [0.25, 0.3) is 5.69 Å². The highest BCUT2D eigenvalue weighted by molar-refractivity contribution is 9.10. The molecule has 0 aliphatic rings. The number of nitro benzene ring substituents is 1. The summed E-state index contributed by atoms with van der Waals surface area (Å²) in [6.07, 6.45) is 5.06. The molecule has 0 aliphatic carbocycles. The van der Waals surface area contributed by atoms with E-state index < -0.39 is 4.92 Å². The summed E-state index contributed by atoms with van der Waals surface area (Å²) >= 11 is 3.23. The lowest BCUT2D eigenvalue weighted by Gasteiger charge is -2.12. The first-order valence-electron chi connectivity index (χ1n) is 9.27. The monoisotopic (exact) mass is 462 g/mol. The topological polar surface area (TPSA) is 90.7 Å². The Labute approximate surface area is 178 Å². The van der Waals surface area contributed by atoms with Gasteiger partial charge in [0.05, 0.1) is 23.8 Å². The molecule has 0 spiro atoms. The van der Waals surface area contributed by atoms with Crippen LogP contribution in [0.5, 0.6) is 11.5 Å². The molecule has 1 amide bonds. The molecule has 8 heteroatoms. The number of amides is 1. The van der Waals surface area contributed by atoms with Gasteiger partial charge in [0.2, 0.25) is 5.91 Å². The Morgan fingerprint density at radius 3 is 2.62 bits per heavy atom. The first kappa shape index (κ1) is 22.4. The molecule has 0 fully saturated rings. The predicted molar refractivity (Wildman–Crippen MR) is 116 cm³/mol. The van der Waals surface area contributed by atoms with Crippen molar-refractivity contribution in [3.05, 3.63) is 62.6 Å². The minimum atomic E-state index is -0.498. The number of hydrogen-bond donors (Lipinski definition) is 1. The number of benzene rings is 2. The van der Waals surface area contributed by atoms with Crippen LogP contribution in [-0.4, -0.2) is 24.0 Å². The van der Waals surface area contributed by atoms with Gasteiger partial charge in [-0.1, -0.05) is 19.4 Å². The lowest BCUT2D eigenvalue weighted by Crippen LogP contribution is -2.08. The number of nitrogens with one attached hydrogen (secondary N) is 1. The maximum absolute atomic E-state index is 12.2. The summed E-state index contributed by atoms with van der Waals surface area (Å²) < 4.78 is 11.8. The van der Waals surface area contributed by atoms with E-state index in [-0.39, 0.29) is 11.6 Å². The van der Waals surface area contributed by atoms with Gasteiger partial charge in [0.15, 0.2) is 11.5 Å². The maximum atomic E-state index is 12.2. The molecule has 0 saturated heterocycles. The van der Waals surface area contributed by atoms with E-state index in [1.165, 1.54) is 24.3 Å². The third-order valence-electron chi connectivity index (χ3n) is 3.87. The molecule has 0 heterocycles. The zero-order valence-electron chi connectivity index (χ0n) is 16.3. The van der Waals surface area contributed by atoms with Gasteiger partial charge in [-0.25, -0.2) is 0 Å². The van der Waals surface area contributed by atoms with E-state index in [0.717, 1.165) is 18.4 Å². The zero-order valence-corrected chi connectivity index (χ0v) is 17.9. The van der Waals surface area contributed by atoms with Crippen molar-refractivity contribution in [2.24, 2.45) is 0 Å². The molecule has 154 valence electrons. The van der Waals surface area contributed by atoms with Crippen molar-refractivity contribution in [1.29, 1.82) is 0 Å². The summed E-state index contributed by atoms with van der Waals surface area (Å²) in [6.45, 7) is 5.12. The average molecular weight is 463 g/mol. The number of rotatable bonds is 10. The highest BCUT2D eigenvalue weighted by Crippen LogP contribution is 2.30. The Hall–Kier alpha value is -2.87. The summed E-state index contributed by atoms with van der Waals surface area (Å²) in [6, 6.07) is 9.63. The van der Waals surface area contributed by atoms with Crippen molar-refractivity contribution >= 4 is 39.3 Å². The molecule has 7 nitrogen and oxygen atoms in total. The SMILES string of the molecule is CCCCOc1ccc(/C=C/C(=O)Nc2ccc([N+](=O)[O-])cc2Br)cc1OCC. The Bertz CT molecular complexity index is 899. The van der Waals surface area contributed by atoms with Gasteiger partial charge in [-0.3, -0.25) is 14.9 Å². The number of nitrogens with zero attached hydrogens (tertiary/aromatic N) is 1. The van der Waals surface area contributed by atoms with Crippen molar-refractivity contribution < 1.29 is 19.2 Å². The molecule has 2 aromatic carbocycles. The van der Waals surface area contributed by atoms with Gasteiger partial charge in [0, 0.05) is 22.7 Å². The second-order valence-corrected chi connectivity index (χ2v) is 6.94. The lowest BCUT2D eigenvalue weighted by atomic mass is 10.2. The highest BCUT2D eigenvalue weighted by Gasteiger charge is 2.10. The number of hydrogen-bond acceptors (Lipinski definition) is 5. The highest BCUT2D eigenvalue weighted by atomic mass is 79.9. The van der Waals surface area contributed by atoms with E-state index in [1.807, 2.05) is 25.1 Å². The lowest BCUT2D eigenvalue weighted by molar-refractivity contribution is -0.384. The molecule has 0 unspecified atom stereocenters. The van der Waals surface area contributed by atoms with Crippen LogP contribution in [0.15, 0.2) is 46.9 Å². The number of unbranched alkanes of at least 4 members (excludes halogenated alkanes) is 1. The number of carbonyl (C=O) groups excluding carboxylic acids is 1. The summed E-state index contributed by atoms with van der Waals surface area (Å²) in [4.78, 5) is 22.5. The smallest absolute Gasteiger partial charge is 0.270 e. The molecular weight excluding hydrogens is 440 g/mol. The summed E-state index contributed by atoms with van der Waals surface area (Å²) in [5.74, 6) is 0.946. The van der Waals surface area contributed by atoms with Crippen LogP contribution in [0, 0.1) is 10.1 Å². The fourth-order valence-electron chi connectivity index (χ4n) is 2.41. The third-order valence-corrected chi connectivity index (χ3v) is 4.53. The second-order valence-electron chi connectivity index (χ2n) is 6.09. The fraction of sp³-hybridized carbons (Fsp3) is 0.286. The van der Waals surface area contributed by atoms with Crippen LogP contribution in [0.3, 0.4) is 0 Å². The third kappa shape index (κ3) is 6.90. The normalized spacial score (nSPS) is 10.7. The van der Waals surface area contributed by atoms with Crippen LogP contribution >= 0.6 is 15.9 Å². The molecule has 29 heavy (non-hydrogen) atoms. The standard InChI is InChI=1S/C21H23BrN2O5/c1-3-5-12-29-19-10-6-15(13-20(19)28-4-2)7-11-21(25)23-18-9-8-16(24(26)27)14-17(18)22/h6-11,13-14H,3-5,12H2,1-2H3,(H,23,25)/b11-7+. The van der Waals surface area contributed by atoms with Gasteiger partial charge < -0.3 is 14.8 Å².